The molecule has 1 atom stereocenters. The minimum absolute atomic E-state index is 0.119. The van der Waals surface area contributed by atoms with Crippen molar-refractivity contribution in [3.05, 3.63) is 99.6 Å². The van der Waals surface area contributed by atoms with Crippen LogP contribution in [0.15, 0.2) is 42.5 Å². The Morgan fingerprint density at radius 3 is 1.50 bits per heavy atom. The highest BCUT2D eigenvalue weighted by Gasteiger charge is 2.31. The molecule has 2 nitrogen and oxygen atoms in total. The van der Waals surface area contributed by atoms with Crippen LogP contribution < -0.4 is 9.47 Å². The van der Waals surface area contributed by atoms with Crippen LogP contribution in [0, 0.1) is 34.9 Å². The zero-order valence-electron chi connectivity index (χ0n) is 23.7. The van der Waals surface area contributed by atoms with Gasteiger partial charge in [0, 0.05) is 5.56 Å². The average Bonchev–Trinajstić information content (AvgIpc) is 3.00. The van der Waals surface area contributed by atoms with Gasteiger partial charge in [0.1, 0.15) is 0 Å². The number of halogens is 6. The van der Waals surface area contributed by atoms with Crippen molar-refractivity contribution in [2.45, 2.75) is 76.5 Å². The van der Waals surface area contributed by atoms with Gasteiger partial charge in [0.15, 0.2) is 34.8 Å². The van der Waals surface area contributed by atoms with Gasteiger partial charge in [0.2, 0.25) is 11.6 Å². The SMILES string of the molecule is CCOc1ccc(C2=CCC(c3ccc(C4CCC(c5ccc(OCC)c(F)c5F)CC4)c(F)c3F)CC2)c(F)c1F. The number of hydrogen-bond acceptors (Lipinski definition) is 2. The van der Waals surface area contributed by atoms with Crippen molar-refractivity contribution in [1.29, 1.82) is 0 Å². The Hall–Kier alpha value is -3.42. The van der Waals surface area contributed by atoms with Gasteiger partial charge in [-0.3, -0.25) is 0 Å². The fraction of sp³-hybridized carbons (Fsp3) is 0.412. The molecule has 0 spiro atoms. The second-order valence-corrected chi connectivity index (χ2v) is 11.0. The van der Waals surface area contributed by atoms with Gasteiger partial charge in [-0.25, -0.2) is 17.6 Å². The monoisotopic (exact) mass is 588 g/mol. The summed E-state index contributed by atoms with van der Waals surface area (Å²) in [5, 5.41) is 0. The third kappa shape index (κ3) is 5.77. The molecule has 3 aromatic rings. The maximum Gasteiger partial charge on any atom is 0.201 e. The van der Waals surface area contributed by atoms with Crippen LogP contribution in [0.3, 0.4) is 0 Å². The highest BCUT2D eigenvalue weighted by molar-refractivity contribution is 5.68. The lowest BCUT2D eigenvalue weighted by molar-refractivity contribution is 0.310. The summed E-state index contributed by atoms with van der Waals surface area (Å²) in [4.78, 5) is 0. The van der Waals surface area contributed by atoms with Crippen molar-refractivity contribution >= 4 is 5.57 Å². The average molecular weight is 589 g/mol. The molecule has 1 saturated carbocycles. The second kappa shape index (κ2) is 12.8. The van der Waals surface area contributed by atoms with Crippen molar-refractivity contribution < 1.29 is 35.8 Å². The van der Waals surface area contributed by atoms with Crippen LogP contribution in [0.5, 0.6) is 11.5 Å². The Bertz CT molecular complexity index is 1480. The molecule has 0 amide bonds. The highest BCUT2D eigenvalue weighted by atomic mass is 19.2. The van der Waals surface area contributed by atoms with Crippen LogP contribution in [0.25, 0.3) is 5.57 Å². The molecular weight excluding hydrogens is 554 g/mol. The predicted octanol–water partition coefficient (Wildman–Crippen LogP) is 10.1. The Morgan fingerprint density at radius 1 is 0.548 bits per heavy atom. The van der Waals surface area contributed by atoms with Crippen molar-refractivity contribution in [2.75, 3.05) is 13.2 Å². The Kier molecular flexibility index (Phi) is 9.19. The number of hydrogen-bond donors (Lipinski definition) is 0. The molecule has 2 aliphatic rings. The fourth-order valence-corrected chi connectivity index (χ4v) is 6.46. The van der Waals surface area contributed by atoms with Gasteiger partial charge in [-0.15, -0.1) is 0 Å². The van der Waals surface area contributed by atoms with E-state index >= 15 is 8.78 Å². The normalized spacial score (nSPS) is 20.8. The van der Waals surface area contributed by atoms with Crippen LogP contribution in [-0.4, -0.2) is 13.2 Å². The molecule has 0 N–H and O–H groups in total. The lowest BCUT2D eigenvalue weighted by Gasteiger charge is -2.30. The van der Waals surface area contributed by atoms with Gasteiger partial charge in [0.25, 0.3) is 0 Å². The number of allylic oxidation sites excluding steroid dienone is 2. The van der Waals surface area contributed by atoms with Gasteiger partial charge in [-0.1, -0.05) is 24.3 Å². The quantitative estimate of drug-likeness (QED) is 0.244. The molecule has 2 aliphatic carbocycles. The van der Waals surface area contributed by atoms with Gasteiger partial charge < -0.3 is 9.47 Å². The molecule has 1 unspecified atom stereocenters. The van der Waals surface area contributed by atoms with Crippen LogP contribution in [0.1, 0.15) is 98.8 Å². The summed E-state index contributed by atoms with van der Waals surface area (Å²) in [5.74, 6) is -6.66. The molecule has 0 aliphatic heterocycles. The number of rotatable bonds is 8. The topological polar surface area (TPSA) is 18.5 Å². The van der Waals surface area contributed by atoms with E-state index < -0.39 is 34.9 Å². The van der Waals surface area contributed by atoms with Crippen molar-refractivity contribution in [3.63, 3.8) is 0 Å². The summed E-state index contributed by atoms with van der Waals surface area (Å²) < 4.78 is 99.1. The van der Waals surface area contributed by atoms with Gasteiger partial charge in [-0.05, 0) is 117 Å². The molecule has 1 fully saturated rings. The zero-order chi connectivity index (χ0) is 30.0. The first-order chi connectivity index (χ1) is 20.2. The molecule has 0 saturated heterocycles. The van der Waals surface area contributed by atoms with Crippen molar-refractivity contribution in [3.8, 4) is 11.5 Å². The lowest BCUT2D eigenvalue weighted by Crippen LogP contribution is -2.16. The first-order valence-corrected chi connectivity index (χ1v) is 14.6. The maximum absolute atomic E-state index is 15.4. The van der Waals surface area contributed by atoms with Crippen LogP contribution in [0.2, 0.25) is 0 Å². The minimum Gasteiger partial charge on any atom is -0.491 e. The standard InChI is InChI=1S/C34H34F6O2/c1-3-41-27-17-15-25(31(37)33(27)39)21-9-5-19(6-10-21)23-13-14-24(30(36)29(23)35)20-7-11-22(12-8-20)26-16-18-28(42-4-2)34(40)32(26)38/h9,13-20,22H,3-8,10-12H2,1-2H3. The minimum atomic E-state index is -1.04. The zero-order valence-corrected chi connectivity index (χ0v) is 23.7. The molecule has 0 bridgehead atoms. The Morgan fingerprint density at radius 2 is 1.00 bits per heavy atom. The van der Waals surface area contributed by atoms with E-state index in [0.29, 0.717) is 56.1 Å². The van der Waals surface area contributed by atoms with Crippen LogP contribution >= 0.6 is 0 Å². The van der Waals surface area contributed by atoms with E-state index in [-0.39, 0.29) is 59.2 Å². The molecular formula is C34H34F6O2. The molecule has 224 valence electrons. The Balaban J connectivity index is 1.26. The first kappa shape index (κ1) is 30.1. The molecule has 5 rings (SSSR count). The summed E-state index contributed by atoms with van der Waals surface area (Å²) in [6.07, 6.45) is 5.09. The first-order valence-electron chi connectivity index (χ1n) is 14.6. The summed E-state index contributed by atoms with van der Waals surface area (Å²) in [7, 11) is 0. The molecule has 42 heavy (non-hydrogen) atoms. The van der Waals surface area contributed by atoms with Gasteiger partial charge in [0.05, 0.1) is 13.2 Å². The summed E-state index contributed by atoms with van der Waals surface area (Å²) in [5.41, 5.74) is 1.63. The van der Waals surface area contributed by atoms with E-state index in [4.69, 9.17) is 9.47 Å². The number of benzene rings is 3. The van der Waals surface area contributed by atoms with E-state index in [2.05, 4.69) is 0 Å². The predicted molar refractivity (Wildman–Crippen MR) is 150 cm³/mol. The largest absolute Gasteiger partial charge is 0.491 e. The third-order valence-corrected chi connectivity index (χ3v) is 8.67. The summed E-state index contributed by atoms with van der Waals surface area (Å²) in [6, 6.07) is 9.14. The van der Waals surface area contributed by atoms with Crippen LogP contribution in [0.4, 0.5) is 26.3 Å². The van der Waals surface area contributed by atoms with E-state index in [1.54, 1.807) is 38.1 Å². The number of ether oxygens (including phenoxy) is 2. The van der Waals surface area contributed by atoms with Crippen LogP contribution in [-0.2, 0) is 0 Å². The van der Waals surface area contributed by atoms with E-state index in [9.17, 15) is 17.6 Å². The summed E-state index contributed by atoms with van der Waals surface area (Å²) >= 11 is 0. The second-order valence-electron chi connectivity index (χ2n) is 11.0. The van der Waals surface area contributed by atoms with E-state index in [1.807, 2.05) is 0 Å². The third-order valence-electron chi connectivity index (χ3n) is 8.67. The summed E-state index contributed by atoms with van der Waals surface area (Å²) in [6.45, 7) is 3.82. The molecule has 0 aromatic heterocycles. The van der Waals surface area contributed by atoms with Gasteiger partial charge >= 0.3 is 0 Å². The smallest absolute Gasteiger partial charge is 0.201 e. The molecule has 8 heteroatoms. The fourth-order valence-electron chi connectivity index (χ4n) is 6.46. The molecule has 0 heterocycles. The van der Waals surface area contributed by atoms with E-state index in [0.717, 1.165) is 0 Å². The van der Waals surface area contributed by atoms with Crippen molar-refractivity contribution in [1.82, 2.24) is 0 Å². The van der Waals surface area contributed by atoms with Gasteiger partial charge in [-0.2, -0.15) is 8.78 Å². The maximum atomic E-state index is 15.4. The Labute approximate surface area is 242 Å². The van der Waals surface area contributed by atoms with Crippen molar-refractivity contribution in [2.24, 2.45) is 0 Å². The highest BCUT2D eigenvalue weighted by Crippen LogP contribution is 2.45. The molecule has 3 aromatic carbocycles. The lowest BCUT2D eigenvalue weighted by atomic mass is 9.75. The van der Waals surface area contributed by atoms with E-state index in [1.165, 1.54) is 18.2 Å². The molecule has 0 radical (unpaired) electrons.